The fraction of sp³-hybridized carbons (Fsp3) is 0.0625. The summed E-state index contributed by atoms with van der Waals surface area (Å²) in [7, 11) is 0. The van der Waals surface area contributed by atoms with E-state index in [-0.39, 0.29) is 11.7 Å². The molecule has 0 saturated carbocycles. The van der Waals surface area contributed by atoms with Gasteiger partial charge in [-0.25, -0.2) is 0 Å². The number of rotatable bonds is 4. The van der Waals surface area contributed by atoms with Crippen LogP contribution in [0.4, 0.5) is 0 Å². The van der Waals surface area contributed by atoms with Crippen molar-refractivity contribution in [2.24, 2.45) is 0 Å². The number of amides is 1. The van der Waals surface area contributed by atoms with E-state index in [0.717, 1.165) is 16.8 Å². The SMILES string of the molecule is O=C(NCc1cccnc1-c1ccncc1)c1ccc(Br)o1. The van der Waals surface area contributed by atoms with Crippen LogP contribution in [0.2, 0.25) is 0 Å². The van der Waals surface area contributed by atoms with Crippen LogP contribution in [0.1, 0.15) is 16.1 Å². The average Bonchev–Trinajstić information content (AvgIpc) is 3.00. The van der Waals surface area contributed by atoms with Gasteiger partial charge in [0.1, 0.15) is 0 Å². The summed E-state index contributed by atoms with van der Waals surface area (Å²) in [5.41, 5.74) is 2.71. The molecule has 3 rings (SSSR count). The molecule has 3 aromatic rings. The normalized spacial score (nSPS) is 10.4. The van der Waals surface area contributed by atoms with Gasteiger partial charge in [0.05, 0.1) is 5.69 Å². The summed E-state index contributed by atoms with van der Waals surface area (Å²) >= 11 is 3.18. The second-order valence-electron chi connectivity index (χ2n) is 4.53. The van der Waals surface area contributed by atoms with Crippen LogP contribution in [0.3, 0.4) is 0 Å². The number of nitrogens with one attached hydrogen (secondary N) is 1. The third kappa shape index (κ3) is 3.23. The third-order valence-corrected chi connectivity index (χ3v) is 3.51. The van der Waals surface area contributed by atoms with Crippen LogP contribution in [0.25, 0.3) is 11.3 Å². The molecule has 0 spiro atoms. The summed E-state index contributed by atoms with van der Waals surface area (Å²) < 4.78 is 5.75. The van der Waals surface area contributed by atoms with Crippen LogP contribution < -0.4 is 5.32 Å². The second-order valence-corrected chi connectivity index (χ2v) is 5.32. The number of carbonyl (C=O) groups excluding carboxylic acids is 1. The molecule has 22 heavy (non-hydrogen) atoms. The maximum absolute atomic E-state index is 12.0. The molecule has 3 aromatic heterocycles. The molecule has 6 heteroatoms. The third-order valence-electron chi connectivity index (χ3n) is 3.08. The maximum atomic E-state index is 12.0. The van der Waals surface area contributed by atoms with Gasteiger partial charge in [-0.05, 0) is 51.8 Å². The Kier molecular flexibility index (Phi) is 4.29. The largest absolute Gasteiger partial charge is 0.444 e. The van der Waals surface area contributed by atoms with Crippen LogP contribution in [0.15, 0.2) is 64.1 Å². The van der Waals surface area contributed by atoms with Gasteiger partial charge in [0.25, 0.3) is 5.91 Å². The Bertz CT molecular complexity index is 787. The lowest BCUT2D eigenvalue weighted by Crippen LogP contribution is -2.22. The number of aromatic nitrogens is 2. The molecule has 0 saturated heterocycles. The monoisotopic (exact) mass is 357 g/mol. The number of nitrogens with zero attached hydrogens (tertiary/aromatic N) is 2. The Hall–Kier alpha value is -2.47. The average molecular weight is 358 g/mol. The molecule has 0 fully saturated rings. The van der Waals surface area contributed by atoms with Crippen LogP contribution >= 0.6 is 15.9 Å². The van der Waals surface area contributed by atoms with Gasteiger partial charge in [-0.15, -0.1) is 0 Å². The van der Waals surface area contributed by atoms with Crippen molar-refractivity contribution in [1.29, 1.82) is 0 Å². The summed E-state index contributed by atoms with van der Waals surface area (Å²) in [6.07, 6.45) is 5.16. The van der Waals surface area contributed by atoms with Crippen molar-refractivity contribution >= 4 is 21.8 Å². The molecule has 1 N–H and O–H groups in total. The highest BCUT2D eigenvalue weighted by Crippen LogP contribution is 2.20. The first-order chi connectivity index (χ1) is 10.7. The van der Waals surface area contributed by atoms with E-state index >= 15 is 0 Å². The fourth-order valence-electron chi connectivity index (χ4n) is 2.05. The summed E-state index contributed by atoms with van der Waals surface area (Å²) in [5, 5.41) is 2.83. The number of halogens is 1. The number of hydrogen-bond donors (Lipinski definition) is 1. The molecular formula is C16H12BrN3O2. The lowest BCUT2D eigenvalue weighted by molar-refractivity contribution is 0.0922. The highest BCUT2D eigenvalue weighted by molar-refractivity contribution is 9.10. The molecule has 110 valence electrons. The van der Waals surface area contributed by atoms with Crippen LogP contribution in [-0.2, 0) is 6.54 Å². The predicted octanol–water partition coefficient (Wildman–Crippen LogP) is 3.43. The van der Waals surface area contributed by atoms with Crippen molar-refractivity contribution in [1.82, 2.24) is 15.3 Å². The lowest BCUT2D eigenvalue weighted by Gasteiger charge is -2.09. The van der Waals surface area contributed by atoms with E-state index in [9.17, 15) is 4.79 Å². The van der Waals surface area contributed by atoms with Gasteiger partial charge in [-0.2, -0.15) is 0 Å². The minimum absolute atomic E-state index is 0.265. The van der Waals surface area contributed by atoms with E-state index in [0.29, 0.717) is 11.2 Å². The van der Waals surface area contributed by atoms with E-state index in [1.807, 2.05) is 24.3 Å². The van der Waals surface area contributed by atoms with Crippen molar-refractivity contribution < 1.29 is 9.21 Å². The van der Waals surface area contributed by atoms with Crippen molar-refractivity contribution in [2.45, 2.75) is 6.54 Å². The minimum atomic E-state index is -0.268. The first kappa shape index (κ1) is 14.5. The molecule has 0 unspecified atom stereocenters. The Morgan fingerprint density at radius 1 is 1.14 bits per heavy atom. The smallest absolute Gasteiger partial charge is 0.287 e. The van der Waals surface area contributed by atoms with Crippen LogP contribution in [0.5, 0.6) is 0 Å². The summed E-state index contributed by atoms with van der Waals surface area (Å²) in [4.78, 5) is 20.4. The van der Waals surface area contributed by atoms with Gasteiger partial charge in [0.15, 0.2) is 10.4 Å². The van der Waals surface area contributed by atoms with E-state index in [1.165, 1.54) is 0 Å². The lowest BCUT2D eigenvalue weighted by atomic mass is 10.1. The molecule has 0 aromatic carbocycles. The minimum Gasteiger partial charge on any atom is -0.444 e. The molecule has 0 radical (unpaired) electrons. The zero-order valence-electron chi connectivity index (χ0n) is 11.5. The van der Waals surface area contributed by atoms with Crippen molar-refractivity contribution in [3.63, 3.8) is 0 Å². The molecular weight excluding hydrogens is 346 g/mol. The molecule has 0 aliphatic heterocycles. The van der Waals surface area contributed by atoms with Gasteiger partial charge in [-0.3, -0.25) is 14.8 Å². The summed E-state index contributed by atoms with van der Waals surface area (Å²) in [5.74, 6) is -0.00328. The molecule has 0 aliphatic rings. The highest BCUT2D eigenvalue weighted by atomic mass is 79.9. The Balaban J connectivity index is 1.77. The van der Waals surface area contributed by atoms with Crippen LogP contribution in [-0.4, -0.2) is 15.9 Å². The highest BCUT2D eigenvalue weighted by Gasteiger charge is 2.12. The van der Waals surface area contributed by atoms with Crippen molar-refractivity contribution in [3.8, 4) is 11.3 Å². The van der Waals surface area contributed by atoms with Crippen molar-refractivity contribution in [2.75, 3.05) is 0 Å². The first-order valence-electron chi connectivity index (χ1n) is 6.62. The quantitative estimate of drug-likeness (QED) is 0.776. The van der Waals surface area contributed by atoms with E-state index < -0.39 is 0 Å². The number of pyridine rings is 2. The molecule has 1 amide bonds. The van der Waals surface area contributed by atoms with Gasteiger partial charge in [0, 0.05) is 30.7 Å². The van der Waals surface area contributed by atoms with Crippen LogP contribution in [0, 0.1) is 0 Å². The molecule has 0 bridgehead atoms. The zero-order chi connectivity index (χ0) is 15.4. The van der Waals surface area contributed by atoms with Gasteiger partial charge >= 0.3 is 0 Å². The maximum Gasteiger partial charge on any atom is 0.287 e. The van der Waals surface area contributed by atoms with E-state index in [1.54, 1.807) is 30.7 Å². The molecule has 0 aliphatic carbocycles. The van der Waals surface area contributed by atoms with E-state index in [4.69, 9.17) is 4.42 Å². The standard InChI is InChI=1S/C16H12BrN3O2/c17-14-4-3-13(22-14)16(21)20-10-12-2-1-7-19-15(12)11-5-8-18-9-6-11/h1-9H,10H2,(H,20,21). The Morgan fingerprint density at radius 3 is 2.68 bits per heavy atom. The summed E-state index contributed by atoms with van der Waals surface area (Å²) in [6, 6.07) is 10.8. The Labute approximate surface area is 135 Å². The molecule has 5 nitrogen and oxygen atoms in total. The Morgan fingerprint density at radius 2 is 1.95 bits per heavy atom. The number of hydrogen-bond acceptors (Lipinski definition) is 4. The predicted molar refractivity (Wildman–Crippen MR) is 85.0 cm³/mol. The van der Waals surface area contributed by atoms with Gasteiger partial charge in [0.2, 0.25) is 0 Å². The number of furan rings is 1. The molecule has 3 heterocycles. The van der Waals surface area contributed by atoms with Crippen molar-refractivity contribution in [3.05, 3.63) is 71.0 Å². The zero-order valence-corrected chi connectivity index (χ0v) is 13.1. The second kappa shape index (κ2) is 6.53. The number of carbonyl (C=O) groups is 1. The van der Waals surface area contributed by atoms with Gasteiger partial charge in [-0.1, -0.05) is 6.07 Å². The fourth-order valence-corrected chi connectivity index (χ4v) is 2.36. The van der Waals surface area contributed by atoms with Gasteiger partial charge < -0.3 is 9.73 Å². The first-order valence-corrected chi connectivity index (χ1v) is 7.41. The molecule has 0 atom stereocenters. The summed E-state index contributed by atoms with van der Waals surface area (Å²) in [6.45, 7) is 0.364. The topological polar surface area (TPSA) is 68.0 Å². The van der Waals surface area contributed by atoms with E-state index in [2.05, 4.69) is 31.2 Å².